The number of hydrogen-bond acceptors (Lipinski definition) is 6. The Balaban J connectivity index is 1.68. The Bertz CT molecular complexity index is 1200. The predicted octanol–water partition coefficient (Wildman–Crippen LogP) is 4.83. The van der Waals surface area contributed by atoms with Crippen molar-refractivity contribution >= 4 is 21.7 Å². The molecule has 2 fully saturated rings. The number of nitriles is 1. The Labute approximate surface area is 219 Å². The molecule has 0 unspecified atom stereocenters. The van der Waals surface area contributed by atoms with Crippen molar-refractivity contribution in [3.05, 3.63) is 35.9 Å². The van der Waals surface area contributed by atoms with Crippen molar-refractivity contribution in [3.8, 4) is 17.4 Å². The number of rotatable bonds is 5. The summed E-state index contributed by atoms with van der Waals surface area (Å²) in [6, 6.07) is 9.29. The van der Waals surface area contributed by atoms with E-state index in [2.05, 4.69) is 10.2 Å². The van der Waals surface area contributed by atoms with E-state index in [9.17, 15) is 13.7 Å². The lowest BCUT2D eigenvalue weighted by Gasteiger charge is -2.36. The van der Waals surface area contributed by atoms with Gasteiger partial charge in [0.2, 0.25) is 11.8 Å². The van der Waals surface area contributed by atoms with Crippen molar-refractivity contribution in [1.82, 2.24) is 10.3 Å². The van der Waals surface area contributed by atoms with Crippen molar-refractivity contribution in [2.45, 2.75) is 70.5 Å². The van der Waals surface area contributed by atoms with Crippen molar-refractivity contribution in [3.63, 3.8) is 0 Å². The maximum absolute atomic E-state index is 14.5. The zero-order chi connectivity index (χ0) is 27.0. The van der Waals surface area contributed by atoms with E-state index in [0.29, 0.717) is 54.8 Å². The van der Waals surface area contributed by atoms with Crippen molar-refractivity contribution < 1.29 is 18.2 Å². The number of carbonyl (C=O) groups is 1. The second kappa shape index (κ2) is 10.5. The minimum Gasteiger partial charge on any atom is -0.440 e. The van der Waals surface area contributed by atoms with Gasteiger partial charge in [0.1, 0.15) is 12.2 Å². The van der Waals surface area contributed by atoms with Gasteiger partial charge in [0, 0.05) is 53.1 Å². The Hall–Kier alpha value is -2.77. The molecule has 0 radical (unpaired) electrons. The molecule has 2 aliphatic rings. The topological polar surface area (TPSA) is 126 Å². The molecule has 1 aromatic heterocycles. The second-order valence-corrected chi connectivity index (χ2v) is 14.1. The number of amides is 1. The summed E-state index contributed by atoms with van der Waals surface area (Å²) in [4.78, 5) is 20.1. The summed E-state index contributed by atoms with van der Waals surface area (Å²) in [5.74, 6) is 0.856. The van der Waals surface area contributed by atoms with Crippen LogP contribution in [0.5, 0.6) is 0 Å². The Kier molecular flexibility index (Phi) is 7.77. The summed E-state index contributed by atoms with van der Waals surface area (Å²) in [5.41, 5.74) is 2.15. The van der Waals surface area contributed by atoms with Crippen LogP contribution < -0.4 is 10.2 Å². The molecule has 2 aromatic rings. The fourth-order valence-corrected chi connectivity index (χ4v) is 6.45. The van der Waals surface area contributed by atoms with E-state index in [0.717, 1.165) is 11.3 Å². The van der Waals surface area contributed by atoms with Gasteiger partial charge in [0.05, 0.1) is 11.8 Å². The Morgan fingerprint density at radius 1 is 1.30 bits per heavy atom. The first kappa shape index (κ1) is 27.3. The number of benzene rings is 1. The van der Waals surface area contributed by atoms with E-state index in [1.165, 1.54) is 0 Å². The van der Waals surface area contributed by atoms with E-state index >= 15 is 0 Å². The lowest BCUT2D eigenvalue weighted by Crippen LogP contribution is -2.42. The number of aromatic nitrogens is 1. The zero-order valence-electron chi connectivity index (χ0n) is 22.0. The molecule has 37 heavy (non-hydrogen) atoms. The van der Waals surface area contributed by atoms with Crippen LogP contribution in [0.1, 0.15) is 64.5 Å². The van der Waals surface area contributed by atoms with Gasteiger partial charge >= 0.3 is 0 Å². The van der Waals surface area contributed by atoms with Crippen LogP contribution in [0.3, 0.4) is 0 Å². The largest absolute Gasteiger partial charge is 0.440 e. The van der Waals surface area contributed by atoms with Crippen LogP contribution in [0.15, 0.2) is 28.7 Å². The van der Waals surface area contributed by atoms with E-state index in [1.54, 1.807) is 6.92 Å². The lowest BCUT2D eigenvalue weighted by atomic mass is 9.75. The van der Waals surface area contributed by atoms with Gasteiger partial charge in [0.15, 0.2) is 5.76 Å². The minimum absolute atomic E-state index is 0.0880. The van der Waals surface area contributed by atoms with Crippen molar-refractivity contribution in [2.75, 3.05) is 29.5 Å². The molecular weight excluding hydrogens is 493 g/mol. The van der Waals surface area contributed by atoms with E-state index in [4.69, 9.17) is 19.4 Å². The average molecular weight is 532 g/mol. The van der Waals surface area contributed by atoms with Gasteiger partial charge in [-0.15, -0.1) is 10.1 Å². The number of halogens is 1. The van der Waals surface area contributed by atoms with Gasteiger partial charge in [-0.1, -0.05) is 20.8 Å². The van der Waals surface area contributed by atoms with Crippen LogP contribution in [-0.2, 0) is 20.3 Å². The number of anilines is 1. The summed E-state index contributed by atoms with van der Waals surface area (Å²) < 4.78 is 38.8. The van der Waals surface area contributed by atoms with Gasteiger partial charge in [-0.3, -0.25) is 9.57 Å². The molecule has 10 heteroatoms. The molecule has 2 heterocycles. The fourth-order valence-electron chi connectivity index (χ4n) is 5.08. The van der Waals surface area contributed by atoms with Crippen molar-refractivity contribution in [2.24, 2.45) is 5.92 Å². The molecule has 4 atom stereocenters. The third-order valence-electron chi connectivity index (χ3n) is 7.30. The van der Waals surface area contributed by atoms with Crippen LogP contribution in [0.2, 0.25) is 0 Å². The lowest BCUT2D eigenvalue weighted by molar-refractivity contribution is -0.127. The highest BCUT2D eigenvalue weighted by Crippen LogP contribution is 2.44. The molecule has 1 aliphatic carbocycles. The van der Waals surface area contributed by atoms with Gasteiger partial charge in [0.25, 0.3) is 0 Å². The number of thiol groups is 1. The van der Waals surface area contributed by atoms with Crippen LogP contribution in [0, 0.1) is 22.0 Å². The molecule has 3 N–H and O–H groups in total. The molecule has 8 nitrogen and oxygen atoms in total. The monoisotopic (exact) mass is 531 g/mol. The first-order valence-corrected chi connectivity index (χ1v) is 15.0. The Morgan fingerprint density at radius 3 is 2.54 bits per heavy atom. The highest BCUT2D eigenvalue weighted by molar-refractivity contribution is 7.98. The molecule has 4 rings (SSSR count). The number of alkyl halides is 1. The normalized spacial score (nSPS) is 25.6. The second-order valence-electron chi connectivity index (χ2n) is 11.4. The quantitative estimate of drug-likeness (QED) is 0.410. The summed E-state index contributed by atoms with van der Waals surface area (Å²) in [6.07, 6.45) is -0.174. The summed E-state index contributed by atoms with van der Waals surface area (Å²) >= 11 is 0. The predicted molar refractivity (Wildman–Crippen MR) is 145 cm³/mol. The Morgan fingerprint density at radius 2 is 1.95 bits per heavy atom. The summed E-state index contributed by atoms with van der Waals surface area (Å²) in [6.45, 7) is 8.95. The smallest absolute Gasteiger partial charge is 0.224 e. The van der Waals surface area contributed by atoms with E-state index in [1.807, 2.05) is 51.1 Å². The maximum Gasteiger partial charge on any atom is 0.224 e. The maximum atomic E-state index is 14.5. The molecule has 1 aromatic carbocycles. The molecule has 1 amide bonds. The summed E-state index contributed by atoms with van der Waals surface area (Å²) in [7, 11) is -2.51. The van der Waals surface area contributed by atoms with Crippen LogP contribution in [-0.4, -0.2) is 52.3 Å². The first-order chi connectivity index (χ1) is 17.4. The third kappa shape index (κ3) is 6.21. The highest BCUT2D eigenvalue weighted by Gasteiger charge is 2.40. The van der Waals surface area contributed by atoms with Crippen LogP contribution in [0.25, 0.3) is 11.3 Å². The number of hydrogen-bond donors (Lipinski definition) is 4. The van der Waals surface area contributed by atoms with Gasteiger partial charge in [-0.05, 0) is 50.5 Å². The van der Waals surface area contributed by atoms with Crippen LogP contribution in [0.4, 0.5) is 10.1 Å². The van der Waals surface area contributed by atoms with Gasteiger partial charge < -0.3 is 19.2 Å². The number of nitrogens with one attached hydrogen (secondary N) is 2. The fraction of sp³-hybridized carbons (Fsp3) is 0.593. The van der Waals surface area contributed by atoms with E-state index < -0.39 is 28.2 Å². The standard InChI is InChI=1S/C27H38FN5O3S/c1-17(16-29)31-25(34)22-15-19(28)7-10-21(22)23-24(36-26(32-23)27(2,3)4)18-5-8-20(9-6-18)33-11-13-37(30,35)14-12-33/h5-6,8-9,17,19,21-22,37H,7,10-15H2,1-4H3,(H2,30,35)(H,31,34)/t17-,19-,21+,22+/m0/s1. The average Bonchev–Trinajstić information content (AvgIpc) is 3.30. The molecule has 202 valence electrons. The SMILES string of the molecule is C[C@@H](C#N)NC(=O)[C@@H]1C[C@@H](F)CC[C@H]1c1nc(C(C)(C)C)oc1-c1ccc(N2CC[SH](=N)(O)CC2)cc1. The number of carbonyl (C=O) groups excluding carboxylic acids is 1. The van der Waals surface area contributed by atoms with Crippen LogP contribution >= 0.6 is 0 Å². The zero-order valence-corrected chi connectivity index (χ0v) is 22.9. The summed E-state index contributed by atoms with van der Waals surface area (Å²) in [5, 5.41) is 11.9. The molecule has 0 bridgehead atoms. The minimum atomic E-state index is -2.51. The molecule has 1 saturated carbocycles. The molecule has 1 aliphatic heterocycles. The number of nitrogens with zero attached hydrogens (tertiary/aromatic N) is 3. The highest BCUT2D eigenvalue weighted by atomic mass is 32.3. The van der Waals surface area contributed by atoms with E-state index in [-0.39, 0.29) is 23.7 Å². The number of oxazole rings is 1. The molecular formula is C27H38FN5O3S. The molecule has 0 spiro atoms. The third-order valence-corrected chi connectivity index (χ3v) is 9.18. The van der Waals surface area contributed by atoms with Crippen molar-refractivity contribution in [1.29, 1.82) is 10.0 Å². The van der Waals surface area contributed by atoms with Gasteiger partial charge in [-0.25, -0.2) is 9.37 Å². The first-order valence-electron chi connectivity index (χ1n) is 12.9. The van der Waals surface area contributed by atoms with Gasteiger partial charge in [-0.2, -0.15) is 5.26 Å². The molecule has 1 saturated heterocycles.